The summed E-state index contributed by atoms with van der Waals surface area (Å²) in [5, 5.41) is 0. The van der Waals surface area contributed by atoms with Crippen LogP contribution in [0.3, 0.4) is 0 Å². The molecule has 0 saturated heterocycles. The monoisotopic (exact) mass is 376 g/mol. The van der Waals surface area contributed by atoms with E-state index in [2.05, 4.69) is 31.9 Å². The minimum Gasteiger partial charge on any atom is -0.288 e. The molecule has 17 heavy (non-hydrogen) atoms. The summed E-state index contributed by atoms with van der Waals surface area (Å²) in [6, 6.07) is 6.23. The molecule has 2 rings (SSSR count). The maximum Gasteiger partial charge on any atom is 0.198 e. The normalized spacial score (nSPS) is 10.6. The van der Waals surface area contributed by atoms with Crippen LogP contribution in [0.1, 0.15) is 20.8 Å². The van der Waals surface area contributed by atoms with Crippen LogP contribution in [0.4, 0.5) is 4.39 Å². The van der Waals surface area contributed by atoms with E-state index in [0.29, 0.717) is 10.0 Å². The molecule has 2 aromatic rings. The Hall–Kier alpha value is -0.520. The predicted octanol–water partition coefficient (Wildman–Crippen LogP) is 4.95. The van der Waals surface area contributed by atoms with Crippen LogP contribution in [-0.4, -0.2) is 5.78 Å². The molecule has 0 aliphatic heterocycles. The van der Waals surface area contributed by atoms with E-state index in [1.807, 2.05) is 6.92 Å². The van der Waals surface area contributed by atoms with Crippen molar-refractivity contribution in [2.75, 3.05) is 0 Å². The zero-order valence-electron chi connectivity index (χ0n) is 8.76. The third-order valence-electron chi connectivity index (χ3n) is 2.32. The number of aryl methyl sites for hydroxylation is 1. The number of ketones is 1. The van der Waals surface area contributed by atoms with Gasteiger partial charge in [-0.25, -0.2) is 4.39 Å². The van der Waals surface area contributed by atoms with Gasteiger partial charge in [-0.2, -0.15) is 0 Å². The van der Waals surface area contributed by atoms with Gasteiger partial charge in [-0.05, 0) is 57.0 Å². The molecule has 0 unspecified atom stereocenters. The van der Waals surface area contributed by atoms with Crippen molar-refractivity contribution in [3.05, 3.63) is 54.3 Å². The van der Waals surface area contributed by atoms with Gasteiger partial charge in [0.15, 0.2) is 5.78 Å². The first-order valence-electron chi connectivity index (χ1n) is 4.75. The Morgan fingerprint density at radius 1 is 1.35 bits per heavy atom. The molecule has 0 aliphatic carbocycles. The molecule has 0 aliphatic rings. The summed E-state index contributed by atoms with van der Waals surface area (Å²) in [7, 11) is 0. The van der Waals surface area contributed by atoms with Crippen LogP contribution >= 0.6 is 43.2 Å². The largest absolute Gasteiger partial charge is 0.288 e. The molecule has 1 aromatic heterocycles. The molecule has 0 N–H and O–H groups in total. The molecule has 0 atom stereocenters. The molecule has 1 nitrogen and oxygen atoms in total. The molecular formula is C12H7Br2FOS. The van der Waals surface area contributed by atoms with Crippen LogP contribution in [0.5, 0.6) is 0 Å². The number of hydrogen-bond acceptors (Lipinski definition) is 2. The molecule has 0 bridgehead atoms. The van der Waals surface area contributed by atoms with Gasteiger partial charge in [0.05, 0.1) is 9.35 Å². The zero-order valence-corrected chi connectivity index (χ0v) is 12.7. The molecule has 0 spiro atoms. The standard InChI is InChI=1S/C12H7Br2FOS/c1-6-7(5-10(14)17-6)12(16)11-8(13)3-2-4-9(11)15/h2-5H,1H3. The third kappa shape index (κ3) is 2.51. The summed E-state index contributed by atoms with van der Waals surface area (Å²) in [6.45, 7) is 1.84. The highest BCUT2D eigenvalue weighted by molar-refractivity contribution is 9.11. The summed E-state index contributed by atoms with van der Waals surface area (Å²) >= 11 is 7.99. The molecule has 0 saturated carbocycles. The molecule has 88 valence electrons. The second kappa shape index (κ2) is 5.00. The maximum atomic E-state index is 13.7. The van der Waals surface area contributed by atoms with Gasteiger partial charge in [0.25, 0.3) is 0 Å². The average Bonchev–Trinajstić information content (AvgIpc) is 2.57. The molecular weight excluding hydrogens is 371 g/mol. The predicted molar refractivity (Wildman–Crippen MR) is 74.3 cm³/mol. The van der Waals surface area contributed by atoms with Crippen molar-refractivity contribution in [2.24, 2.45) is 0 Å². The first kappa shape index (κ1) is 12.9. The van der Waals surface area contributed by atoms with Crippen molar-refractivity contribution in [2.45, 2.75) is 6.92 Å². The fourth-order valence-electron chi connectivity index (χ4n) is 1.52. The topological polar surface area (TPSA) is 17.1 Å². The van der Waals surface area contributed by atoms with Crippen molar-refractivity contribution >= 4 is 49.0 Å². The molecule has 0 radical (unpaired) electrons. The van der Waals surface area contributed by atoms with E-state index in [9.17, 15) is 9.18 Å². The third-order valence-corrected chi connectivity index (χ3v) is 4.54. The SMILES string of the molecule is Cc1sc(Br)cc1C(=O)c1c(F)cccc1Br. The Morgan fingerprint density at radius 2 is 2.06 bits per heavy atom. The van der Waals surface area contributed by atoms with E-state index < -0.39 is 5.82 Å². The fourth-order valence-corrected chi connectivity index (χ4v) is 3.73. The minimum absolute atomic E-state index is 0.0842. The number of benzene rings is 1. The summed E-state index contributed by atoms with van der Waals surface area (Å²) in [5.74, 6) is -0.805. The smallest absolute Gasteiger partial charge is 0.198 e. The Labute approximate surface area is 119 Å². The van der Waals surface area contributed by atoms with Crippen molar-refractivity contribution in [3.63, 3.8) is 0 Å². The highest BCUT2D eigenvalue weighted by atomic mass is 79.9. The lowest BCUT2D eigenvalue weighted by Crippen LogP contribution is -2.05. The van der Waals surface area contributed by atoms with E-state index in [0.717, 1.165) is 8.66 Å². The molecule has 1 aromatic carbocycles. The number of rotatable bonds is 2. The highest BCUT2D eigenvalue weighted by Crippen LogP contribution is 2.30. The van der Waals surface area contributed by atoms with E-state index in [1.54, 1.807) is 18.2 Å². The fraction of sp³-hybridized carbons (Fsp3) is 0.0833. The van der Waals surface area contributed by atoms with Gasteiger partial charge >= 0.3 is 0 Å². The number of halogens is 3. The Morgan fingerprint density at radius 3 is 2.59 bits per heavy atom. The summed E-state index contributed by atoms with van der Waals surface area (Å²) < 4.78 is 15.0. The van der Waals surface area contributed by atoms with Crippen molar-refractivity contribution < 1.29 is 9.18 Å². The minimum atomic E-state index is -0.508. The van der Waals surface area contributed by atoms with Gasteiger partial charge in [-0.15, -0.1) is 11.3 Å². The van der Waals surface area contributed by atoms with E-state index in [-0.39, 0.29) is 11.3 Å². The van der Waals surface area contributed by atoms with Crippen molar-refractivity contribution in [3.8, 4) is 0 Å². The van der Waals surface area contributed by atoms with Gasteiger partial charge in [0.2, 0.25) is 0 Å². The van der Waals surface area contributed by atoms with Crippen LogP contribution in [0.25, 0.3) is 0 Å². The summed E-state index contributed by atoms with van der Waals surface area (Å²) in [5.41, 5.74) is 0.619. The van der Waals surface area contributed by atoms with Crippen LogP contribution in [0, 0.1) is 12.7 Å². The second-order valence-electron chi connectivity index (χ2n) is 3.45. The van der Waals surface area contributed by atoms with Gasteiger partial charge in [-0.3, -0.25) is 4.79 Å². The van der Waals surface area contributed by atoms with Crippen molar-refractivity contribution in [1.29, 1.82) is 0 Å². The van der Waals surface area contributed by atoms with Crippen LogP contribution in [-0.2, 0) is 0 Å². The molecule has 1 heterocycles. The average molecular weight is 378 g/mol. The lowest BCUT2D eigenvalue weighted by Gasteiger charge is -2.04. The van der Waals surface area contributed by atoms with Crippen molar-refractivity contribution in [1.82, 2.24) is 0 Å². The van der Waals surface area contributed by atoms with Crippen LogP contribution in [0.2, 0.25) is 0 Å². The number of carbonyl (C=O) groups excluding carboxylic acids is 1. The second-order valence-corrected chi connectivity index (χ2v) is 6.94. The lowest BCUT2D eigenvalue weighted by atomic mass is 10.0. The van der Waals surface area contributed by atoms with E-state index in [1.165, 1.54) is 17.4 Å². The molecule has 5 heteroatoms. The molecule has 0 amide bonds. The van der Waals surface area contributed by atoms with Gasteiger partial charge in [0, 0.05) is 14.9 Å². The lowest BCUT2D eigenvalue weighted by molar-refractivity contribution is 0.103. The Kier molecular flexibility index (Phi) is 3.80. The van der Waals surface area contributed by atoms with Crippen LogP contribution in [0.15, 0.2) is 32.5 Å². The Balaban J connectivity index is 2.55. The first-order valence-corrected chi connectivity index (χ1v) is 7.15. The van der Waals surface area contributed by atoms with Gasteiger partial charge in [-0.1, -0.05) is 6.07 Å². The summed E-state index contributed by atoms with van der Waals surface area (Å²) in [6.07, 6.45) is 0. The maximum absolute atomic E-state index is 13.7. The van der Waals surface area contributed by atoms with E-state index in [4.69, 9.17) is 0 Å². The zero-order chi connectivity index (χ0) is 12.6. The van der Waals surface area contributed by atoms with Gasteiger partial charge in [0.1, 0.15) is 5.82 Å². The Bertz CT molecular complexity index is 572. The molecule has 0 fully saturated rings. The van der Waals surface area contributed by atoms with Gasteiger partial charge < -0.3 is 0 Å². The number of hydrogen-bond donors (Lipinski definition) is 0. The summed E-state index contributed by atoms with van der Waals surface area (Å²) in [4.78, 5) is 13.1. The number of carbonyl (C=O) groups is 1. The highest BCUT2D eigenvalue weighted by Gasteiger charge is 2.20. The van der Waals surface area contributed by atoms with Crippen LogP contribution < -0.4 is 0 Å². The quantitative estimate of drug-likeness (QED) is 0.676. The van der Waals surface area contributed by atoms with E-state index >= 15 is 0 Å². The number of thiophene rings is 1. The first-order chi connectivity index (χ1) is 8.00.